The first kappa shape index (κ1) is 52.5. The van der Waals surface area contributed by atoms with Gasteiger partial charge < -0.3 is 4.74 Å². The van der Waals surface area contributed by atoms with E-state index in [1.807, 2.05) is 0 Å². The van der Waals surface area contributed by atoms with Crippen LogP contribution in [0, 0.1) is 5.92 Å². The highest BCUT2D eigenvalue weighted by Crippen LogP contribution is 2.18. The predicted octanol–water partition coefficient (Wildman–Crippen LogP) is 18.8. The number of unbranched alkanes of at least 4 members (excludes halogenated alkanes) is 41. The molecule has 0 heterocycles. The van der Waals surface area contributed by atoms with Gasteiger partial charge in [-0.1, -0.05) is 290 Å². The average Bonchev–Trinajstić information content (AvgIpc) is 3.15. The fraction of sp³-hybridized carbons (Fsp3) is 0.980. The molecule has 0 fully saturated rings. The minimum Gasteiger partial charge on any atom is -0.466 e. The summed E-state index contributed by atoms with van der Waals surface area (Å²) in [6, 6.07) is 0. The normalized spacial score (nSPS) is 11.6. The van der Waals surface area contributed by atoms with Gasteiger partial charge >= 0.3 is 5.97 Å². The van der Waals surface area contributed by atoms with Crippen LogP contribution >= 0.6 is 0 Å². The van der Waals surface area contributed by atoms with Gasteiger partial charge in [0.15, 0.2) is 0 Å². The number of carbonyl (C=O) groups excluding carboxylic acids is 1. The van der Waals surface area contributed by atoms with Gasteiger partial charge in [-0.3, -0.25) is 4.79 Å². The molecular formula is C51H102O2. The fourth-order valence-corrected chi connectivity index (χ4v) is 8.15. The summed E-state index contributed by atoms with van der Waals surface area (Å²) in [4.78, 5) is 12.0. The van der Waals surface area contributed by atoms with Crippen molar-refractivity contribution in [3.05, 3.63) is 0 Å². The molecule has 0 bridgehead atoms. The molecule has 0 aromatic carbocycles. The monoisotopic (exact) mass is 747 g/mol. The number of ether oxygens (including phenoxy) is 1. The zero-order valence-electron chi connectivity index (χ0n) is 37.4. The van der Waals surface area contributed by atoms with Gasteiger partial charge in [0.25, 0.3) is 0 Å². The maximum Gasteiger partial charge on any atom is 0.305 e. The molecule has 0 atom stereocenters. The molecule has 0 aromatic rings. The minimum absolute atomic E-state index is 0.0325. The van der Waals surface area contributed by atoms with Crippen molar-refractivity contribution in [1.29, 1.82) is 0 Å². The summed E-state index contributed by atoms with van der Waals surface area (Å²) in [7, 11) is 0. The third-order valence-electron chi connectivity index (χ3n) is 11.9. The second-order valence-electron chi connectivity index (χ2n) is 18.0. The number of hydrogen-bond donors (Lipinski definition) is 0. The summed E-state index contributed by atoms with van der Waals surface area (Å²) < 4.78 is 5.49. The van der Waals surface area contributed by atoms with Crippen LogP contribution in [0.2, 0.25) is 0 Å². The van der Waals surface area contributed by atoms with Crippen LogP contribution in [-0.2, 0) is 9.53 Å². The van der Waals surface area contributed by atoms with Crippen molar-refractivity contribution < 1.29 is 9.53 Å². The largest absolute Gasteiger partial charge is 0.466 e. The minimum atomic E-state index is 0.0325. The van der Waals surface area contributed by atoms with Crippen LogP contribution in [0.3, 0.4) is 0 Å². The van der Waals surface area contributed by atoms with E-state index in [9.17, 15) is 4.79 Å². The van der Waals surface area contributed by atoms with Crippen molar-refractivity contribution in [2.45, 2.75) is 310 Å². The van der Waals surface area contributed by atoms with Crippen molar-refractivity contribution in [1.82, 2.24) is 0 Å². The Labute approximate surface area is 336 Å². The maximum atomic E-state index is 12.0. The Bertz CT molecular complexity index is 657. The molecule has 0 aromatic heterocycles. The van der Waals surface area contributed by atoms with Crippen LogP contribution in [0.25, 0.3) is 0 Å². The molecule has 0 amide bonds. The molecule has 0 saturated heterocycles. The van der Waals surface area contributed by atoms with E-state index in [2.05, 4.69) is 20.8 Å². The molecule has 0 spiro atoms. The van der Waals surface area contributed by atoms with Gasteiger partial charge in [0.05, 0.1) is 6.61 Å². The Hall–Kier alpha value is -0.530. The molecule has 0 rings (SSSR count). The van der Waals surface area contributed by atoms with Crippen molar-refractivity contribution in [3.63, 3.8) is 0 Å². The quantitative estimate of drug-likeness (QED) is 0.0458. The standard InChI is InChI=1S/C51H102O2/c1-4-5-6-7-8-9-10-11-12-13-14-15-16-17-18-19-20-21-22-23-24-25-26-27-30-33-36-39-42-45-48-51(52)53-49-46-43-40-37-34-31-28-29-32-35-38-41-44-47-50(2)3/h50H,4-49H2,1-3H3. The van der Waals surface area contributed by atoms with Gasteiger partial charge in [0.2, 0.25) is 0 Å². The topological polar surface area (TPSA) is 26.3 Å². The molecule has 53 heavy (non-hydrogen) atoms. The van der Waals surface area contributed by atoms with Crippen molar-refractivity contribution in [3.8, 4) is 0 Å². The van der Waals surface area contributed by atoms with E-state index in [1.165, 1.54) is 270 Å². The number of hydrogen-bond acceptors (Lipinski definition) is 2. The third-order valence-corrected chi connectivity index (χ3v) is 11.9. The van der Waals surface area contributed by atoms with E-state index in [0.717, 1.165) is 18.8 Å². The Morgan fingerprint density at radius 1 is 0.321 bits per heavy atom. The SMILES string of the molecule is CCCCCCCCCCCCCCCCCCCCCCCCCCCCCCCCC(=O)OCCCCCCCCCCCCCCCC(C)C. The van der Waals surface area contributed by atoms with Gasteiger partial charge in [-0.15, -0.1) is 0 Å². The molecule has 0 aliphatic carbocycles. The van der Waals surface area contributed by atoms with Crippen LogP contribution in [-0.4, -0.2) is 12.6 Å². The summed E-state index contributed by atoms with van der Waals surface area (Å²) in [6.07, 6.45) is 62.5. The molecule has 2 nitrogen and oxygen atoms in total. The van der Waals surface area contributed by atoms with Crippen LogP contribution in [0.1, 0.15) is 310 Å². The summed E-state index contributed by atoms with van der Waals surface area (Å²) in [5.41, 5.74) is 0. The molecule has 0 radical (unpaired) electrons. The molecule has 0 saturated carbocycles. The first-order chi connectivity index (χ1) is 26.2. The Balaban J connectivity index is 3.14. The second kappa shape index (κ2) is 47.6. The molecule has 2 heteroatoms. The van der Waals surface area contributed by atoms with E-state index in [4.69, 9.17) is 4.74 Å². The number of esters is 1. The van der Waals surface area contributed by atoms with Gasteiger partial charge in [0.1, 0.15) is 0 Å². The Morgan fingerprint density at radius 2 is 0.547 bits per heavy atom. The van der Waals surface area contributed by atoms with E-state index in [0.29, 0.717) is 13.0 Å². The van der Waals surface area contributed by atoms with E-state index in [1.54, 1.807) is 0 Å². The maximum absolute atomic E-state index is 12.0. The van der Waals surface area contributed by atoms with Crippen LogP contribution in [0.4, 0.5) is 0 Å². The molecule has 0 aliphatic rings. The number of carbonyl (C=O) groups is 1. The lowest BCUT2D eigenvalue weighted by Gasteiger charge is -2.06. The van der Waals surface area contributed by atoms with Crippen molar-refractivity contribution >= 4 is 5.97 Å². The third kappa shape index (κ3) is 49.5. The number of rotatable bonds is 47. The lowest BCUT2D eigenvalue weighted by atomic mass is 10.0. The van der Waals surface area contributed by atoms with Crippen LogP contribution in [0.5, 0.6) is 0 Å². The first-order valence-electron chi connectivity index (χ1n) is 25.3. The Morgan fingerprint density at radius 3 is 0.811 bits per heavy atom. The lowest BCUT2D eigenvalue weighted by Crippen LogP contribution is -2.05. The van der Waals surface area contributed by atoms with E-state index in [-0.39, 0.29) is 5.97 Å². The van der Waals surface area contributed by atoms with Gasteiger partial charge in [-0.25, -0.2) is 0 Å². The van der Waals surface area contributed by atoms with Gasteiger partial charge in [-0.2, -0.15) is 0 Å². The highest BCUT2D eigenvalue weighted by atomic mass is 16.5. The zero-order chi connectivity index (χ0) is 38.4. The van der Waals surface area contributed by atoms with Crippen LogP contribution in [0.15, 0.2) is 0 Å². The Kier molecular flexibility index (Phi) is 47.1. The van der Waals surface area contributed by atoms with Crippen molar-refractivity contribution in [2.24, 2.45) is 5.92 Å². The van der Waals surface area contributed by atoms with Gasteiger partial charge in [0, 0.05) is 6.42 Å². The summed E-state index contributed by atoms with van der Waals surface area (Å²) in [5, 5.41) is 0. The average molecular weight is 747 g/mol. The predicted molar refractivity (Wildman–Crippen MR) is 239 cm³/mol. The zero-order valence-corrected chi connectivity index (χ0v) is 37.4. The smallest absolute Gasteiger partial charge is 0.305 e. The van der Waals surface area contributed by atoms with E-state index < -0.39 is 0 Å². The van der Waals surface area contributed by atoms with Gasteiger partial charge in [-0.05, 0) is 18.8 Å². The summed E-state index contributed by atoms with van der Waals surface area (Å²) in [6.45, 7) is 7.61. The first-order valence-corrected chi connectivity index (χ1v) is 25.3. The van der Waals surface area contributed by atoms with Crippen molar-refractivity contribution in [2.75, 3.05) is 6.61 Å². The highest BCUT2D eigenvalue weighted by Gasteiger charge is 2.03. The van der Waals surface area contributed by atoms with E-state index >= 15 is 0 Å². The summed E-state index contributed by atoms with van der Waals surface area (Å²) in [5.74, 6) is 0.905. The highest BCUT2D eigenvalue weighted by molar-refractivity contribution is 5.69. The molecule has 0 unspecified atom stereocenters. The summed E-state index contributed by atoms with van der Waals surface area (Å²) >= 11 is 0. The molecular weight excluding hydrogens is 645 g/mol. The molecule has 0 aliphatic heterocycles. The van der Waals surface area contributed by atoms with Crippen LogP contribution < -0.4 is 0 Å². The lowest BCUT2D eigenvalue weighted by molar-refractivity contribution is -0.143. The second-order valence-corrected chi connectivity index (χ2v) is 18.0. The molecule has 0 N–H and O–H groups in total. The fourth-order valence-electron chi connectivity index (χ4n) is 8.15. The molecule has 318 valence electrons.